The van der Waals surface area contributed by atoms with E-state index in [0.717, 1.165) is 77.0 Å². The first-order valence-electron chi connectivity index (χ1n) is 20.9. The van der Waals surface area contributed by atoms with Crippen molar-refractivity contribution in [1.29, 1.82) is 0 Å². The first-order chi connectivity index (χ1) is 26.6. The molecule has 2 aliphatic heterocycles. The van der Waals surface area contributed by atoms with Gasteiger partial charge in [-0.05, 0) is 38.5 Å². The average molecular weight is 791 g/mol. The monoisotopic (exact) mass is 791 g/mol. The van der Waals surface area contributed by atoms with Gasteiger partial charge in [-0.2, -0.15) is 0 Å². The number of hydrogen-bond donors (Lipinski definition) is 7. The molecule has 0 saturated carbocycles. The lowest BCUT2D eigenvalue weighted by atomic mass is 9.98. The van der Waals surface area contributed by atoms with E-state index in [1.54, 1.807) is 0 Å². The van der Waals surface area contributed by atoms with Gasteiger partial charge in [0.25, 0.3) is 0 Å². The first kappa shape index (κ1) is 49.6. The summed E-state index contributed by atoms with van der Waals surface area (Å²) in [5, 5.41) is 71.6. The van der Waals surface area contributed by atoms with Crippen LogP contribution in [0.15, 0.2) is 24.3 Å². The third-order valence-electron chi connectivity index (χ3n) is 9.96. The lowest BCUT2D eigenvalue weighted by Gasteiger charge is -2.42. The third-order valence-corrected chi connectivity index (χ3v) is 9.96. The van der Waals surface area contributed by atoms with Gasteiger partial charge in [-0.25, -0.2) is 0 Å². The average Bonchev–Trinajstić information content (AvgIpc) is 3.18. The molecular formula is C41H74O14. The fourth-order valence-electron chi connectivity index (χ4n) is 6.42. The summed E-state index contributed by atoms with van der Waals surface area (Å²) < 4.78 is 33.9. The largest absolute Gasteiger partial charge is 0.457 e. The van der Waals surface area contributed by atoms with Gasteiger partial charge in [-0.1, -0.05) is 109 Å². The fourth-order valence-corrected chi connectivity index (χ4v) is 6.42. The Bertz CT molecular complexity index is 1010. The van der Waals surface area contributed by atoms with Gasteiger partial charge in [0, 0.05) is 13.0 Å². The molecule has 0 bridgehead atoms. The molecule has 0 aromatic heterocycles. The predicted octanol–water partition coefficient (Wildman–Crippen LogP) is 3.73. The van der Waals surface area contributed by atoms with Crippen molar-refractivity contribution in [3.63, 3.8) is 0 Å². The highest BCUT2D eigenvalue weighted by Crippen LogP contribution is 2.26. The van der Waals surface area contributed by atoms with Crippen LogP contribution in [0.4, 0.5) is 0 Å². The number of carbonyl (C=O) groups excluding carboxylic acids is 1. The molecule has 0 spiro atoms. The van der Waals surface area contributed by atoms with E-state index in [0.29, 0.717) is 13.0 Å². The molecule has 322 valence electrons. The lowest BCUT2D eigenvalue weighted by Crippen LogP contribution is -2.61. The van der Waals surface area contributed by atoms with Crippen molar-refractivity contribution in [3.05, 3.63) is 24.3 Å². The molecule has 0 aromatic carbocycles. The standard InChI is InChI=1S/C41H74O14/c1-3-5-7-9-11-12-13-14-15-16-17-18-19-21-23-25-50-27-30(53-33(43)24-22-20-10-8-6-4-2)28-51-40-39(49)37(47)35(45)32(55-40)29-52-41-38(48)36(46)34(44)31(26-42)54-41/h9,11,13-14,30-32,34-42,44-49H,3-8,10,12,15-29H2,1-2H3/b11-9-,14-13-. The third kappa shape index (κ3) is 20.1. The van der Waals surface area contributed by atoms with Crippen LogP contribution in [0.3, 0.4) is 0 Å². The molecule has 2 rings (SSSR count). The highest BCUT2D eigenvalue weighted by molar-refractivity contribution is 5.69. The van der Waals surface area contributed by atoms with Crippen molar-refractivity contribution in [2.75, 3.05) is 33.0 Å². The van der Waals surface area contributed by atoms with E-state index in [1.807, 2.05) is 0 Å². The van der Waals surface area contributed by atoms with Crippen molar-refractivity contribution in [1.82, 2.24) is 0 Å². The number of hydrogen-bond acceptors (Lipinski definition) is 14. The Morgan fingerprint density at radius 3 is 1.80 bits per heavy atom. The fraction of sp³-hybridized carbons (Fsp3) is 0.878. The number of ether oxygens (including phenoxy) is 6. The smallest absolute Gasteiger partial charge is 0.306 e. The number of aliphatic hydroxyl groups is 7. The van der Waals surface area contributed by atoms with Crippen LogP contribution in [-0.2, 0) is 33.2 Å². The molecule has 55 heavy (non-hydrogen) atoms. The van der Waals surface area contributed by atoms with Gasteiger partial charge in [-0.3, -0.25) is 4.79 Å². The van der Waals surface area contributed by atoms with Crippen molar-refractivity contribution in [2.45, 2.75) is 197 Å². The summed E-state index contributed by atoms with van der Waals surface area (Å²) in [7, 11) is 0. The molecule has 2 saturated heterocycles. The minimum absolute atomic E-state index is 0.0556. The maximum absolute atomic E-state index is 12.7. The summed E-state index contributed by atoms with van der Waals surface area (Å²) in [6, 6.07) is 0. The van der Waals surface area contributed by atoms with Gasteiger partial charge in [0.05, 0.1) is 26.4 Å². The number of carbonyl (C=O) groups is 1. The number of rotatable bonds is 31. The molecule has 2 fully saturated rings. The van der Waals surface area contributed by atoms with Crippen molar-refractivity contribution in [3.8, 4) is 0 Å². The van der Waals surface area contributed by atoms with E-state index in [1.165, 1.54) is 25.7 Å². The lowest BCUT2D eigenvalue weighted by molar-refractivity contribution is -0.332. The van der Waals surface area contributed by atoms with Crippen LogP contribution in [0, 0.1) is 0 Å². The van der Waals surface area contributed by atoms with E-state index in [2.05, 4.69) is 38.2 Å². The Hall–Kier alpha value is -1.53. The maximum Gasteiger partial charge on any atom is 0.306 e. The maximum atomic E-state index is 12.7. The highest BCUT2D eigenvalue weighted by atomic mass is 16.7. The minimum atomic E-state index is -1.70. The number of unbranched alkanes of at least 4 members (excludes halogenated alkanes) is 13. The molecule has 0 radical (unpaired) electrons. The quantitative estimate of drug-likeness (QED) is 0.0303. The molecule has 11 atom stereocenters. The van der Waals surface area contributed by atoms with Crippen LogP contribution in [0.25, 0.3) is 0 Å². The molecule has 0 aliphatic carbocycles. The summed E-state index contributed by atoms with van der Waals surface area (Å²) >= 11 is 0. The van der Waals surface area contributed by atoms with Gasteiger partial charge in [-0.15, -0.1) is 0 Å². The second-order valence-corrected chi connectivity index (χ2v) is 14.8. The van der Waals surface area contributed by atoms with E-state index in [4.69, 9.17) is 28.4 Å². The SMILES string of the molecule is CCCC/C=C\C/C=C\CCCCCCCCOCC(COC1OC(COC2OC(CO)C(O)C(O)C2O)C(O)C(O)C1O)OC(=O)CCCCCCCC. The van der Waals surface area contributed by atoms with Gasteiger partial charge < -0.3 is 64.2 Å². The topological polar surface area (TPSA) is 214 Å². The van der Waals surface area contributed by atoms with Crippen LogP contribution in [0.5, 0.6) is 0 Å². The van der Waals surface area contributed by atoms with Crippen molar-refractivity contribution < 1.29 is 69.0 Å². The van der Waals surface area contributed by atoms with Gasteiger partial charge in [0.2, 0.25) is 0 Å². The van der Waals surface area contributed by atoms with Gasteiger partial charge >= 0.3 is 5.97 Å². The number of esters is 1. The Morgan fingerprint density at radius 1 is 0.600 bits per heavy atom. The summed E-state index contributed by atoms with van der Waals surface area (Å²) in [5.41, 5.74) is 0. The van der Waals surface area contributed by atoms with Crippen LogP contribution in [0.2, 0.25) is 0 Å². The van der Waals surface area contributed by atoms with Crippen LogP contribution >= 0.6 is 0 Å². The van der Waals surface area contributed by atoms with E-state index in [-0.39, 0.29) is 19.6 Å². The summed E-state index contributed by atoms with van der Waals surface area (Å²) in [6.07, 6.45) is 11.5. The zero-order valence-corrected chi connectivity index (χ0v) is 33.4. The Balaban J connectivity index is 1.81. The van der Waals surface area contributed by atoms with Crippen LogP contribution < -0.4 is 0 Å². The van der Waals surface area contributed by atoms with Crippen LogP contribution in [-0.4, -0.2) is 142 Å². The second kappa shape index (κ2) is 30.5. The Kier molecular flexibility index (Phi) is 27.5. The van der Waals surface area contributed by atoms with Crippen molar-refractivity contribution in [2.24, 2.45) is 0 Å². The highest BCUT2D eigenvalue weighted by Gasteiger charge is 2.47. The van der Waals surface area contributed by atoms with Gasteiger partial charge in [0.1, 0.15) is 54.9 Å². The first-order valence-corrected chi connectivity index (χ1v) is 20.9. The Morgan fingerprint density at radius 2 is 1.15 bits per heavy atom. The van der Waals surface area contributed by atoms with Gasteiger partial charge in [0.15, 0.2) is 12.6 Å². The number of aliphatic hydroxyl groups excluding tert-OH is 7. The molecule has 2 aliphatic rings. The van der Waals surface area contributed by atoms with Crippen molar-refractivity contribution >= 4 is 5.97 Å². The summed E-state index contributed by atoms with van der Waals surface area (Å²) in [6.45, 7) is 3.52. The molecule has 2 heterocycles. The van der Waals surface area contributed by atoms with E-state index in [9.17, 15) is 40.5 Å². The minimum Gasteiger partial charge on any atom is -0.457 e. The zero-order chi connectivity index (χ0) is 40.3. The molecule has 0 amide bonds. The molecule has 11 unspecified atom stereocenters. The summed E-state index contributed by atoms with van der Waals surface area (Å²) in [4.78, 5) is 12.7. The molecule has 14 heteroatoms. The predicted molar refractivity (Wildman–Crippen MR) is 206 cm³/mol. The second-order valence-electron chi connectivity index (χ2n) is 14.8. The molecule has 0 aromatic rings. The molecule has 7 N–H and O–H groups in total. The molecule has 14 nitrogen and oxygen atoms in total. The zero-order valence-electron chi connectivity index (χ0n) is 33.4. The van der Waals surface area contributed by atoms with E-state index >= 15 is 0 Å². The Labute approximate surface area is 328 Å². The molecular weight excluding hydrogens is 716 g/mol. The normalized spacial score (nSPS) is 29.3. The summed E-state index contributed by atoms with van der Waals surface area (Å²) in [5.74, 6) is -0.391. The number of allylic oxidation sites excluding steroid dienone is 4. The van der Waals surface area contributed by atoms with E-state index < -0.39 is 86.7 Å². The van der Waals surface area contributed by atoms with Crippen LogP contribution in [0.1, 0.15) is 129 Å².